The van der Waals surface area contributed by atoms with E-state index in [0.29, 0.717) is 12.1 Å². The van der Waals surface area contributed by atoms with E-state index in [1.165, 1.54) is 0 Å². The number of carbonyl (C=O) groups excluding carboxylic acids is 1. The quantitative estimate of drug-likeness (QED) is 0.907. The summed E-state index contributed by atoms with van der Waals surface area (Å²) in [4.78, 5) is 12.4. The van der Waals surface area contributed by atoms with Crippen molar-refractivity contribution in [2.24, 2.45) is 7.05 Å². The Balaban J connectivity index is 2.17. The van der Waals surface area contributed by atoms with Crippen molar-refractivity contribution in [2.45, 2.75) is 27.3 Å². The van der Waals surface area contributed by atoms with Crippen LogP contribution in [0.4, 0.5) is 5.69 Å². The van der Waals surface area contributed by atoms with Crippen molar-refractivity contribution >= 4 is 11.6 Å². The van der Waals surface area contributed by atoms with Gasteiger partial charge in [-0.05, 0) is 32.9 Å². The van der Waals surface area contributed by atoms with Gasteiger partial charge in [-0.15, -0.1) is 0 Å². The van der Waals surface area contributed by atoms with Crippen molar-refractivity contribution < 1.29 is 4.79 Å². The van der Waals surface area contributed by atoms with Gasteiger partial charge in [0.1, 0.15) is 0 Å². The molecule has 112 valence electrons. The van der Waals surface area contributed by atoms with Crippen molar-refractivity contribution in [3.63, 3.8) is 0 Å². The predicted octanol–water partition coefficient (Wildman–Crippen LogP) is 2.32. The molecule has 0 unspecified atom stereocenters. The van der Waals surface area contributed by atoms with E-state index in [4.69, 9.17) is 0 Å². The van der Waals surface area contributed by atoms with Gasteiger partial charge in [-0.1, -0.05) is 11.6 Å². The summed E-state index contributed by atoms with van der Waals surface area (Å²) in [6.45, 7) is 6.43. The zero-order valence-electron chi connectivity index (χ0n) is 13.2. The normalized spacial score (nSPS) is 10.5. The number of rotatable bonds is 4. The number of hydrogen-bond donors (Lipinski definition) is 2. The van der Waals surface area contributed by atoms with Crippen molar-refractivity contribution in [1.29, 1.82) is 0 Å². The fraction of sp³-hybridized carbons (Fsp3) is 0.375. The molecule has 2 aromatic rings. The molecule has 0 radical (unpaired) electrons. The molecule has 0 atom stereocenters. The highest BCUT2D eigenvalue weighted by molar-refractivity contribution is 5.99. The third-order valence-corrected chi connectivity index (χ3v) is 3.77. The van der Waals surface area contributed by atoms with Crippen LogP contribution >= 0.6 is 0 Å². The second-order valence-electron chi connectivity index (χ2n) is 5.25. The lowest BCUT2D eigenvalue weighted by atomic mass is 10.1. The molecule has 0 fully saturated rings. The zero-order chi connectivity index (χ0) is 15.6. The molecule has 21 heavy (non-hydrogen) atoms. The molecule has 1 heterocycles. The van der Waals surface area contributed by atoms with Crippen LogP contribution in [0.3, 0.4) is 0 Å². The summed E-state index contributed by atoms with van der Waals surface area (Å²) in [6.07, 6.45) is 0. The molecule has 0 bridgehead atoms. The maximum atomic E-state index is 12.4. The SMILES string of the molecule is CNc1ccc(C)cc1C(=O)NCc1c(C)nn(C)c1C. The zero-order valence-corrected chi connectivity index (χ0v) is 13.2. The summed E-state index contributed by atoms with van der Waals surface area (Å²) in [5.41, 5.74) is 5.66. The van der Waals surface area contributed by atoms with E-state index in [9.17, 15) is 4.79 Å². The summed E-state index contributed by atoms with van der Waals surface area (Å²) in [7, 11) is 3.73. The predicted molar refractivity (Wildman–Crippen MR) is 84.6 cm³/mol. The van der Waals surface area contributed by atoms with Gasteiger partial charge in [0.25, 0.3) is 5.91 Å². The average Bonchev–Trinajstić information content (AvgIpc) is 2.70. The maximum Gasteiger partial charge on any atom is 0.253 e. The van der Waals surface area contributed by atoms with Crippen molar-refractivity contribution in [2.75, 3.05) is 12.4 Å². The molecule has 2 rings (SSSR count). The van der Waals surface area contributed by atoms with Gasteiger partial charge >= 0.3 is 0 Å². The number of nitrogens with one attached hydrogen (secondary N) is 2. The van der Waals surface area contributed by atoms with Gasteiger partial charge in [-0.3, -0.25) is 9.48 Å². The Hall–Kier alpha value is -2.30. The van der Waals surface area contributed by atoms with Crippen LogP contribution in [0.5, 0.6) is 0 Å². The number of anilines is 1. The standard InChI is InChI=1S/C16H22N4O/c1-10-6-7-15(17-4)13(8-10)16(21)18-9-14-11(2)19-20(5)12(14)3/h6-8,17H,9H2,1-5H3,(H,18,21). The molecule has 0 spiro atoms. The van der Waals surface area contributed by atoms with Gasteiger partial charge in [0.05, 0.1) is 11.3 Å². The lowest BCUT2D eigenvalue weighted by Crippen LogP contribution is -2.24. The van der Waals surface area contributed by atoms with Crippen LogP contribution in [-0.2, 0) is 13.6 Å². The molecule has 0 saturated carbocycles. The Labute approximate surface area is 125 Å². The fourth-order valence-electron chi connectivity index (χ4n) is 2.40. The summed E-state index contributed by atoms with van der Waals surface area (Å²) in [6, 6.07) is 5.80. The minimum atomic E-state index is -0.0781. The van der Waals surface area contributed by atoms with Crippen LogP contribution < -0.4 is 10.6 Å². The number of nitrogens with zero attached hydrogens (tertiary/aromatic N) is 2. The highest BCUT2D eigenvalue weighted by Gasteiger charge is 2.14. The van der Waals surface area contributed by atoms with Crippen LogP contribution in [0.15, 0.2) is 18.2 Å². The Morgan fingerprint density at radius 1 is 1.29 bits per heavy atom. The number of aryl methyl sites for hydroxylation is 3. The maximum absolute atomic E-state index is 12.4. The highest BCUT2D eigenvalue weighted by atomic mass is 16.1. The largest absolute Gasteiger partial charge is 0.387 e. The molecule has 5 heteroatoms. The van der Waals surface area contributed by atoms with Crippen LogP contribution in [0.25, 0.3) is 0 Å². The summed E-state index contributed by atoms with van der Waals surface area (Å²) in [5.74, 6) is -0.0781. The lowest BCUT2D eigenvalue weighted by molar-refractivity contribution is 0.0951. The average molecular weight is 286 g/mol. The summed E-state index contributed by atoms with van der Waals surface area (Å²) < 4.78 is 1.84. The van der Waals surface area contributed by atoms with Crippen LogP contribution in [-0.4, -0.2) is 22.7 Å². The van der Waals surface area contributed by atoms with Crippen molar-refractivity contribution in [1.82, 2.24) is 15.1 Å². The van der Waals surface area contributed by atoms with E-state index in [-0.39, 0.29) is 5.91 Å². The van der Waals surface area contributed by atoms with E-state index in [1.54, 1.807) is 0 Å². The highest BCUT2D eigenvalue weighted by Crippen LogP contribution is 2.17. The molecule has 0 aliphatic rings. The summed E-state index contributed by atoms with van der Waals surface area (Å²) >= 11 is 0. The summed E-state index contributed by atoms with van der Waals surface area (Å²) in [5, 5.41) is 10.4. The van der Waals surface area contributed by atoms with Crippen LogP contribution in [0.1, 0.15) is 32.9 Å². The molecule has 1 aromatic heterocycles. The Morgan fingerprint density at radius 3 is 2.57 bits per heavy atom. The number of amides is 1. The first-order chi connectivity index (χ1) is 9.93. The molecular formula is C16H22N4O. The van der Waals surface area contributed by atoms with E-state index < -0.39 is 0 Å². The van der Waals surface area contributed by atoms with Crippen LogP contribution in [0, 0.1) is 20.8 Å². The van der Waals surface area contributed by atoms with Gasteiger partial charge in [0.15, 0.2) is 0 Å². The van der Waals surface area contributed by atoms with E-state index in [2.05, 4.69) is 15.7 Å². The smallest absolute Gasteiger partial charge is 0.253 e. The van der Waals surface area contributed by atoms with Gasteiger partial charge < -0.3 is 10.6 Å². The molecular weight excluding hydrogens is 264 g/mol. The van der Waals surface area contributed by atoms with E-state index >= 15 is 0 Å². The number of aromatic nitrogens is 2. The minimum absolute atomic E-state index is 0.0781. The molecule has 0 aliphatic heterocycles. The van der Waals surface area contributed by atoms with Crippen LogP contribution in [0.2, 0.25) is 0 Å². The Bertz CT molecular complexity index is 673. The molecule has 2 N–H and O–H groups in total. The van der Waals surface area contributed by atoms with E-state index in [0.717, 1.165) is 28.2 Å². The second-order valence-corrected chi connectivity index (χ2v) is 5.25. The monoisotopic (exact) mass is 286 g/mol. The van der Waals surface area contributed by atoms with Gasteiger partial charge in [0, 0.05) is 37.6 Å². The first kappa shape index (κ1) is 15.1. The molecule has 5 nitrogen and oxygen atoms in total. The van der Waals surface area contributed by atoms with Gasteiger partial charge in [-0.2, -0.15) is 5.10 Å². The first-order valence-corrected chi connectivity index (χ1v) is 6.99. The molecule has 0 saturated heterocycles. The van der Waals surface area contributed by atoms with Gasteiger partial charge in [0.2, 0.25) is 0 Å². The Kier molecular flexibility index (Phi) is 4.31. The van der Waals surface area contributed by atoms with E-state index in [1.807, 2.05) is 57.7 Å². The number of carbonyl (C=O) groups is 1. The topological polar surface area (TPSA) is 59.0 Å². The first-order valence-electron chi connectivity index (χ1n) is 6.99. The van der Waals surface area contributed by atoms with Crippen molar-refractivity contribution in [3.05, 3.63) is 46.3 Å². The van der Waals surface area contributed by atoms with Crippen molar-refractivity contribution in [3.8, 4) is 0 Å². The Morgan fingerprint density at radius 2 is 2.00 bits per heavy atom. The third kappa shape index (κ3) is 3.07. The molecule has 1 aromatic carbocycles. The second kappa shape index (κ2) is 5.99. The third-order valence-electron chi connectivity index (χ3n) is 3.77. The molecule has 1 amide bonds. The van der Waals surface area contributed by atoms with Gasteiger partial charge in [-0.25, -0.2) is 0 Å². The number of benzene rings is 1. The minimum Gasteiger partial charge on any atom is -0.387 e. The lowest BCUT2D eigenvalue weighted by Gasteiger charge is -2.11. The molecule has 0 aliphatic carbocycles. The number of hydrogen-bond acceptors (Lipinski definition) is 3. The fourth-order valence-corrected chi connectivity index (χ4v) is 2.40.